The van der Waals surface area contributed by atoms with Gasteiger partial charge in [-0.3, -0.25) is 9.69 Å². The lowest BCUT2D eigenvalue weighted by molar-refractivity contribution is -0.142. The molecule has 0 radical (unpaired) electrons. The van der Waals surface area contributed by atoms with Crippen LogP contribution in [0.1, 0.15) is 12.8 Å². The molecule has 1 N–H and O–H groups in total. The number of hydrogen-bond acceptors (Lipinski definition) is 2. The van der Waals surface area contributed by atoms with E-state index in [1.165, 1.54) is 6.42 Å². The maximum Gasteiger partial charge on any atom is 0.320 e. The lowest BCUT2D eigenvalue weighted by atomic mass is 10.2. The number of likely N-dealkylation sites (tertiary alicyclic amines) is 1. The second-order valence-electron chi connectivity index (χ2n) is 3.32. The Morgan fingerprint density at radius 2 is 2.30 bits per heavy atom. The Morgan fingerprint density at radius 3 is 2.60 bits per heavy atom. The Bertz CT molecular complexity index is 180. The molecular weight excluding hydrogens is 130 g/mol. The van der Waals surface area contributed by atoms with Crippen molar-refractivity contribution in [3.05, 3.63) is 0 Å². The summed E-state index contributed by atoms with van der Waals surface area (Å²) < 4.78 is 0. The highest BCUT2D eigenvalue weighted by molar-refractivity contribution is 5.74. The zero-order chi connectivity index (χ0) is 7.30. The summed E-state index contributed by atoms with van der Waals surface area (Å²) in [5.74, 6) is 0.0424. The van der Waals surface area contributed by atoms with Gasteiger partial charge in [-0.25, -0.2) is 0 Å². The first kappa shape index (κ1) is 6.16. The molecule has 2 rings (SSSR count). The van der Waals surface area contributed by atoms with E-state index in [9.17, 15) is 4.79 Å². The van der Waals surface area contributed by atoms with Gasteiger partial charge in [0.05, 0.1) is 0 Å². The number of rotatable bonds is 1. The molecule has 0 aromatic carbocycles. The minimum atomic E-state index is -0.658. The zero-order valence-electron chi connectivity index (χ0n) is 5.95. The van der Waals surface area contributed by atoms with Gasteiger partial charge in [0.2, 0.25) is 0 Å². The van der Waals surface area contributed by atoms with E-state index in [0.29, 0.717) is 12.0 Å². The number of hydrogen-bond donors (Lipinski definition) is 1. The third-order valence-electron chi connectivity index (χ3n) is 2.71. The summed E-state index contributed by atoms with van der Waals surface area (Å²) in [7, 11) is 1.91. The van der Waals surface area contributed by atoms with Crippen LogP contribution >= 0.6 is 0 Å². The van der Waals surface area contributed by atoms with Crippen molar-refractivity contribution < 1.29 is 9.90 Å². The van der Waals surface area contributed by atoms with Crippen molar-refractivity contribution in [2.75, 3.05) is 7.05 Å². The first-order chi connectivity index (χ1) is 4.70. The molecular formula is C7H11NO2. The Morgan fingerprint density at radius 1 is 1.60 bits per heavy atom. The topological polar surface area (TPSA) is 40.5 Å². The summed E-state index contributed by atoms with van der Waals surface area (Å²) >= 11 is 0. The predicted octanol–water partition coefficient (Wildman–Crippen LogP) is 0.164. The van der Waals surface area contributed by atoms with Gasteiger partial charge in [0.15, 0.2) is 0 Å². The molecule has 1 saturated heterocycles. The molecule has 3 nitrogen and oxygen atoms in total. The van der Waals surface area contributed by atoms with Gasteiger partial charge in [-0.15, -0.1) is 0 Å². The highest BCUT2D eigenvalue weighted by atomic mass is 16.4. The minimum absolute atomic E-state index is 0.191. The van der Waals surface area contributed by atoms with Crippen LogP contribution in [0.15, 0.2) is 0 Å². The van der Waals surface area contributed by atoms with Crippen LogP contribution in [-0.2, 0) is 4.79 Å². The van der Waals surface area contributed by atoms with E-state index in [4.69, 9.17) is 5.11 Å². The van der Waals surface area contributed by atoms with E-state index in [2.05, 4.69) is 0 Å². The maximum absolute atomic E-state index is 10.5. The number of carboxylic acid groups (broad SMARTS) is 1. The first-order valence-corrected chi connectivity index (χ1v) is 3.65. The van der Waals surface area contributed by atoms with E-state index in [1.807, 2.05) is 11.9 Å². The largest absolute Gasteiger partial charge is 0.480 e. The van der Waals surface area contributed by atoms with Crippen LogP contribution in [0.4, 0.5) is 0 Å². The van der Waals surface area contributed by atoms with E-state index in [1.54, 1.807) is 0 Å². The molecule has 10 heavy (non-hydrogen) atoms. The van der Waals surface area contributed by atoms with Gasteiger partial charge in [0.25, 0.3) is 0 Å². The van der Waals surface area contributed by atoms with E-state index in [-0.39, 0.29) is 6.04 Å². The van der Waals surface area contributed by atoms with Gasteiger partial charge in [0, 0.05) is 6.04 Å². The van der Waals surface area contributed by atoms with Crippen LogP contribution in [0, 0.1) is 5.92 Å². The van der Waals surface area contributed by atoms with Crippen molar-refractivity contribution >= 4 is 5.97 Å². The molecule has 3 unspecified atom stereocenters. The summed E-state index contributed by atoms with van der Waals surface area (Å²) in [6, 6.07) is 0.407. The summed E-state index contributed by atoms with van der Waals surface area (Å²) in [5.41, 5.74) is 0. The van der Waals surface area contributed by atoms with Gasteiger partial charge in [-0.05, 0) is 25.8 Å². The third-order valence-corrected chi connectivity index (χ3v) is 2.71. The van der Waals surface area contributed by atoms with Crippen molar-refractivity contribution in [2.24, 2.45) is 5.92 Å². The van der Waals surface area contributed by atoms with Gasteiger partial charge in [-0.2, -0.15) is 0 Å². The Labute approximate surface area is 59.6 Å². The molecule has 56 valence electrons. The van der Waals surface area contributed by atoms with Crippen LogP contribution in [0.3, 0.4) is 0 Å². The van der Waals surface area contributed by atoms with Crippen molar-refractivity contribution in [1.82, 2.24) is 4.90 Å². The number of fused-ring (bicyclic) bond motifs is 1. The maximum atomic E-state index is 10.5. The molecule has 2 fully saturated rings. The van der Waals surface area contributed by atoms with Gasteiger partial charge >= 0.3 is 5.97 Å². The van der Waals surface area contributed by atoms with Crippen molar-refractivity contribution in [3.8, 4) is 0 Å². The fourth-order valence-electron chi connectivity index (χ4n) is 1.94. The predicted molar refractivity (Wildman–Crippen MR) is 35.7 cm³/mol. The fourth-order valence-corrected chi connectivity index (χ4v) is 1.94. The van der Waals surface area contributed by atoms with Crippen molar-refractivity contribution in [1.29, 1.82) is 0 Å². The van der Waals surface area contributed by atoms with Crippen molar-refractivity contribution in [3.63, 3.8) is 0 Å². The number of carboxylic acids is 1. The lowest BCUT2D eigenvalue weighted by Crippen LogP contribution is -2.35. The van der Waals surface area contributed by atoms with Crippen LogP contribution in [0.2, 0.25) is 0 Å². The lowest BCUT2D eigenvalue weighted by Gasteiger charge is -2.17. The monoisotopic (exact) mass is 141 g/mol. The molecule has 0 aromatic rings. The molecule has 3 atom stereocenters. The molecule has 0 bridgehead atoms. The number of likely N-dealkylation sites (N-methyl/N-ethyl adjacent to an activating group) is 1. The molecule has 0 spiro atoms. The molecule has 3 heteroatoms. The molecule has 1 aliphatic carbocycles. The molecule has 1 saturated carbocycles. The van der Waals surface area contributed by atoms with E-state index < -0.39 is 5.97 Å². The van der Waals surface area contributed by atoms with Crippen LogP contribution in [-0.4, -0.2) is 35.1 Å². The summed E-state index contributed by atoms with van der Waals surface area (Å²) in [6.07, 6.45) is 2.09. The zero-order valence-corrected chi connectivity index (χ0v) is 5.95. The normalized spacial score (nSPS) is 45.1. The van der Waals surface area contributed by atoms with Crippen LogP contribution in [0.5, 0.6) is 0 Å². The number of piperidine rings is 1. The second kappa shape index (κ2) is 1.72. The summed E-state index contributed by atoms with van der Waals surface area (Å²) in [4.78, 5) is 12.5. The highest BCUT2D eigenvalue weighted by Gasteiger charge is 2.52. The minimum Gasteiger partial charge on any atom is -0.480 e. The fraction of sp³-hybridized carbons (Fsp3) is 0.857. The number of carbonyl (C=O) groups is 1. The second-order valence-corrected chi connectivity index (χ2v) is 3.32. The molecule has 2 aliphatic rings. The standard InChI is InChI=1S/C7H11NO2/c1-8-5-2-4(5)3-6(8)7(9)10/h4-6H,2-3H2,1H3,(H,9,10). The van der Waals surface area contributed by atoms with Gasteiger partial charge < -0.3 is 5.11 Å². The van der Waals surface area contributed by atoms with Crippen LogP contribution < -0.4 is 0 Å². The average Bonchev–Trinajstić information content (AvgIpc) is 2.54. The molecule has 0 aromatic heterocycles. The summed E-state index contributed by atoms with van der Waals surface area (Å²) in [5, 5.41) is 8.68. The Kier molecular flexibility index (Phi) is 1.06. The number of nitrogens with zero attached hydrogens (tertiary/aromatic N) is 1. The van der Waals surface area contributed by atoms with Crippen LogP contribution in [0.25, 0.3) is 0 Å². The Hall–Kier alpha value is -0.570. The first-order valence-electron chi connectivity index (χ1n) is 3.65. The molecule has 1 heterocycles. The van der Waals surface area contributed by atoms with E-state index in [0.717, 1.165) is 6.42 Å². The molecule has 0 amide bonds. The van der Waals surface area contributed by atoms with Gasteiger partial charge in [0.1, 0.15) is 6.04 Å². The average molecular weight is 141 g/mol. The van der Waals surface area contributed by atoms with Gasteiger partial charge in [-0.1, -0.05) is 0 Å². The number of aliphatic carboxylic acids is 1. The molecule has 1 aliphatic heterocycles. The SMILES string of the molecule is CN1C(C(=O)O)CC2CC21. The summed E-state index contributed by atoms with van der Waals surface area (Å²) in [6.45, 7) is 0. The van der Waals surface area contributed by atoms with Crippen molar-refractivity contribution in [2.45, 2.75) is 24.9 Å². The third kappa shape index (κ3) is 0.669. The van der Waals surface area contributed by atoms with E-state index >= 15 is 0 Å². The smallest absolute Gasteiger partial charge is 0.320 e. The Balaban J connectivity index is 2.07. The quantitative estimate of drug-likeness (QED) is 0.565. The highest BCUT2D eigenvalue weighted by Crippen LogP contribution is 2.46.